The zero-order valence-corrected chi connectivity index (χ0v) is 25.3. The third-order valence-corrected chi connectivity index (χ3v) is 11.1. The Kier molecular flexibility index (Phi) is 10.5. The van der Waals surface area contributed by atoms with Gasteiger partial charge >= 0.3 is 29.2 Å². The molecule has 1 aliphatic rings. The first-order chi connectivity index (χ1) is 20.1. The van der Waals surface area contributed by atoms with Crippen molar-refractivity contribution in [3.8, 4) is 11.1 Å². The molecule has 1 fully saturated rings. The molecule has 2 heterocycles. The van der Waals surface area contributed by atoms with Crippen LogP contribution in [0.1, 0.15) is 6.23 Å². The van der Waals surface area contributed by atoms with Gasteiger partial charge < -0.3 is 29.6 Å². The molecule has 21 heteroatoms. The number of phosphoric acid groups is 3. The largest absolute Gasteiger partial charge is 0.490 e. The molecule has 0 aliphatic carbocycles. The van der Waals surface area contributed by atoms with E-state index in [1.54, 1.807) is 12.1 Å². The lowest BCUT2D eigenvalue weighted by Gasteiger charge is -2.21. The summed E-state index contributed by atoms with van der Waals surface area (Å²) in [7, 11) is -15.6. The second-order valence-electron chi connectivity index (χ2n) is 8.72. The number of rotatable bonds is 12. The van der Waals surface area contributed by atoms with Crippen LogP contribution in [0.4, 0.5) is 0 Å². The zero-order valence-electron chi connectivity index (χ0n) is 21.8. The maximum absolute atomic E-state index is 12.7. The van der Waals surface area contributed by atoms with Crippen LogP contribution in [0.5, 0.6) is 0 Å². The lowest BCUT2D eigenvalue weighted by Crippen LogP contribution is -2.38. The van der Waals surface area contributed by atoms with Gasteiger partial charge in [0.1, 0.15) is 18.3 Å². The highest BCUT2D eigenvalue weighted by molar-refractivity contribution is 7.99. The van der Waals surface area contributed by atoms with Gasteiger partial charge in [-0.05, 0) is 17.2 Å². The van der Waals surface area contributed by atoms with Crippen LogP contribution in [0.2, 0.25) is 0 Å². The molecule has 0 amide bonds. The number of aromatic amines is 1. The summed E-state index contributed by atoms with van der Waals surface area (Å²) in [5, 5.41) is 21.1. The maximum atomic E-state index is 12.7. The first-order valence-corrected chi connectivity index (χ1v) is 17.2. The molecule has 2 aromatic carbocycles. The molecule has 3 aromatic rings. The van der Waals surface area contributed by atoms with E-state index in [9.17, 15) is 38.4 Å². The minimum atomic E-state index is -5.68. The van der Waals surface area contributed by atoms with Gasteiger partial charge in [-0.2, -0.15) is 8.62 Å². The first-order valence-electron chi connectivity index (χ1n) is 11.9. The summed E-state index contributed by atoms with van der Waals surface area (Å²) in [5.41, 5.74) is -0.0473. The van der Waals surface area contributed by atoms with Crippen molar-refractivity contribution in [1.29, 1.82) is 0 Å². The lowest BCUT2D eigenvalue weighted by molar-refractivity contribution is -0.0550. The molecule has 6 atom stereocenters. The predicted molar refractivity (Wildman–Crippen MR) is 148 cm³/mol. The number of H-pyrrole nitrogens is 1. The zero-order chi connectivity index (χ0) is 31.6. The van der Waals surface area contributed by atoms with E-state index in [0.29, 0.717) is 12.0 Å². The van der Waals surface area contributed by atoms with Crippen LogP contribution in [0.15, 0.2) is 80.2 Å². The molecular weight excluding hydrogens is 657 g/mol. The van der Waals surface area contributed by atoms with E-state index in [-0.39, 0.29) is 4.90 Å². The normalized spacial score (nSPS) is 23.5. The number of aliphatic hydroxyl groups excluding tert-OH is 2. The second kappa shape index (κ2) is 13.4. The van der Waals surface area contributed by atoms with E-state index in [4.69, 9.17) is 19.0 Å². The van der Waals surface area contributed by atoms with Gasteiger partial charge in [0.2, 0.25) is 0 Å². The third kappa shape index (κ3) is 8.48. The molecule has 0 radical (unpaired) electrons. The Hall–Kier alpha value is -2.24. The van der Waals surface area contributed by atoms with Gasteiger partial charge in [0.05, 0.1) is 11.5 Å². The Labute approximate surface area is 246 Å². The number of phosphoric ester groups is 1. The summed E-state index contributed by atoms with van der Waals surface area (Å²) >= 11 is 1.03. The van der Waals surface area contributed by atoms with Gasteiger partial charge in [0.25, 0.3) is 5.56 Å². The van der Waals surface area contributed by atoms with E-state index < -0.39 is 65.9 Å². The number of aromatic nitrogens is 2. The molecule has 234 valence electrons. The summed E-state index contributed by atoms with van der Waals surface area (Å²) in [4.78, 5) is 55.1. The Morgan fingerprint density at radius 3 is 2.23 bits per heavy atom. The number of hydrogen-bond acceptors (Lipinski definition) is 13. The van der Waals surface area contributed by atoms with Gasteiger partial charge in [0, 0.05) is 18.2 Å². The van der Waals surface area contributed by atoms with Gasteiger partial charge in [-0.1, -0.05) is 60.3 Å². The van der Waals surface area contributed by atoms with Crippen molar-refractivity contribution in [1.82, 2.24) is 9.55 Å². The van der Waals surface area contributed by atoms with Crippen molar-refractivity contribution in [2.75, 3.05) is 13.7 Å². The average Bonchev–Trinajstić information content (AvgIpc) is 3.21. The summed E-state index contributed by atoms with van der Waals surface area (Å²) in [6, 6.07) is 16.5. The van der Waals surface area contributed by atoms with Crippen LogP contribution < -0.4 is 11.2 Å². The summed E-state index contributed by atoms with van der Waals surface area (Å²) < 4.78 is 58.5. The third-order valence-electron chi connectivity index (χ3n) is 5.77. The minimum Gasteiger partial charge on any atom is -0.387 e. The highest BCUT2D eigenvalue weighted by Crippen LogP contribution is 2.68. The SMILES string of the molecule is COP(=O)(OC[C@H]1O[C@@H](n2cc(Sc3ccccc3-c3ccccc3)c(=O)[nH]c2=O)[C@H](O)[C@@H]1O)OP(=O)(O)OP(=O)(O)O. The summed E-state index contributed by atoms with van der Waals surface area (Å²) in [5.74, 6) is 0. The molecular formula is C22H25N2O15P3S. The van der Waals surface area contributed by atoms with Crippen LogP contribution in [0.3, 0.4) is 0 Å². The van der Waals surface area contributed by atoms with E-state index in [2.05, 4.69) is 18.1 Å². The molecule has 1 aromatic heterocycles. The van der Waals surface area contributed by atoms with Crippen LogP contribution in [0, 0.1) is 0 Å². The van der Waals surface area contributed by atoms with Gasteiger partial charge in [-0.3, -0.25) is 23.4 Å². The Morgan fingerprint density at radius 1 is 0.930 bits per heavy atom. The Balaban J connectivity index is 1.54. The number of hydrogen-bond donors (Lipinski definition) is 6. The van der Waals surface area contributed by atoms with Crippen molar-refractivity contribution in [2.45, 2.75) is 34.3 Å². The van der Waals surface area contributed by atoms with Crippen molar-refractivity contribution < 1.29 is 61.0 Å². The van der Waals surface area contributed by atoms with Crippen LogP contribution in [0.25, 0.3) is 11.1 Å². The topological polar surface area (TPSA) is 253 Å². The number of ether oxygens (including phenoxy) is 1. The lowest BCUT2D eigenvalue weighted by atomic mass is 10.1. The molecule has 17 nitrogen and oxygen atoms in total. The molecule has 2 unspecified atom stereocenters. The molecule has 0 spiro atoms. The number of aliphatic hydroxyl groups is 2. The molecule has 6 N–H and O–H groups in total. The van der Waals surface area contributed by atoms with E-state index in [1.165, 1.54) is 0 Å². The first kappa shape index (κ1) is 33.6. The standard InChI is InChI=1S/C22H25N2O15P3S/c1-35-42(34,39-41(32,33)38-40(29,30)31)36-12-15-18(25)19(26)21(37-15)24-11-17(20(27)23-22(24)28)43-16-10-6-5-9-14(16)13-7-3-2-4-8-13/h2-11,15,18-19,21,25-26H,12H2,1H3,(H,32,33)(H,23,27,28)(H2,29,30,31)/t15-,18-,19-,21-,42?/m1/s1. The molecule has 1 saturated heterocycles. The Morgan fingerprint density at radius 2 is 1.58 bits per heavy atom. The maximum Gasteiger partial charge on any atom is 0.490 e. The fraction of sp³-hybridized carbons (Fsp3) is 0.273. The quantitative estimate of drug-likeness (QED) is 0.149. The van der Waals surface area contributed by atoms with Crippen LogP contribution in [-0.2, 0) is 36.1 Å². The van der Waals surface area contributed by atoms with Crippen LogP contribution in [-0.4, -0.2) is 66.5 Å². The van der Waals surface area contributed by atoms with E-state index in [0.717, 1.165) is 33.7 Å². The monoisotopic (exact) mass is 682 g/mol. The fourth-order valence-electron chi connectivity index (χ4n) is 3.91. The van der Waals surface area contributed by atoms with Crippen LogP contribution >= 0.6 is 35.2 Å². The summed E-state index contributed by atoms with van der Waals surface area (Å²) in [6.07, 6.45) is -5.61. The van der Waals surface area contributed by atoms with Crippen molar-refractivity contribution in [3.63, 3.8) is 0 Å². The summed E-state index contributed by atoms with van der Waals surface area (Å²) in [6.45, 7) is -0.945. The predicted octanol–water partition coefficient (Wildman–Crippen LogP) is 1.97. The Bertz CT molecular complexity index is 1710. The highest BCUT2D eigenvalue weighted by Gasteiger charge is 2.47. The van der Waals surface area contributed by atoms with Crippen molar-refractivity contribution >= 4 is 35.2 Å². The number of nitrogens with one attached hydrogen (secondary N) is 1. The molecule has 4 rings (SSSR count). The molecule has 43 heavy (non-hydrogen) atoms. The molecule has 0 saturated carbocycles. The highest BCUT2D eigenvalue weighted by atomic mass is 32.2. The van der Waals surface area contributed by atoms with Gasteiger partial charge in [0.15, 0.2) is 6.23 Å². The average molecular weight is 682 g/mol. The van der Waals surface area contributed by atoms with E-state index >= 15 is 0 Å². The number of nitrogens with zero attached hydrogens (tertiary/aromatic N) is 1. The smallest absolute Gasteiger partial charge is 0.387 e. The van der Waals surface area contributed by atoms with Crippen molar-refractivity contribution in [2.24, 2.45) is 0 Å². The molecule has 0 bridgehead atoms. The second-order valence-corrected chi connectivity index (χ2v) is 14.5. The number of benzene rings is 2. The van der Waals surface area contributed by atoms with Gasteiger partial charge in [-0.15, -0.1) is 0 Å². The van der Waals surface area contributed by atoms with Crippen molar-refractivity contribution in [3.05, 3.63) is 81.6 Å². The minimum absolute atomic E-state index is 0.0361. The van der Waals surface area contributed by atoms with E-state index in [1.807, 2.05) is 42.5 Å². The van der Waals surface area contributed by atoms with Gasteiger partial charge in [-0.25, -0.2) is 18.5 Å². The molecule has 1 aliphatic heterocycles. The fourth-order valence-corrected chi connectivity index (χ4v) is 8.26.